The highest BCUT2D eigenvalue weighted by Crippen LogP contribution is 2.47. The number of nitrogens with one attached hydrogen (secondary N) is 1. The molecule has 0 aromatic heterocycles. The number of fused-ring (bicyclic) bond motifs is 1. The molecule has 8 heteroatoms. The molecule has 3 saturated heterocycles. The summed E-state index contributed by atoms with van der Waals surface area (Å²) in [5, 5.41) is 2.80. The molecule has 0 radical (unpaired) electrons. The minimum atomic E-state index is -3.01. The van der Waals surface area contributed by atoms with Gasteiger partial charge in [0.1, 0.15) is 6.04 Å². The predicted molar refractivity (Wildman–Crippen MR) is 75.9 cm³/mol. The van der Waals surface area contributed by atoms with Crippen LogP contribution in [0.3, 0.4) is 0 Å². The Balaban J connectivity index is 1.68. The minimum absolute atomic E-state index is 0.0177. The van der Waals surface area contributed by atoms with Crippen LogP contribution in [0.1, 0.15) is 26.2 Å². The van der Waals surface area contributed by atoms with Crippen molar-refractivity contribution >= 4 is 33.4 Å². The van der Waals surface area contributed by atoms with Gasteiger partial charge in [0.05, 0.1) is 16.4 Å². The van der Waals surface area contributed by atoms with Gasteiger partial charge in [0, 0.05) is 18.2 Å². The molecule has 0 aromatic rings. The number of carbonyl (C=O) groups is 2. The normalized spacial score (nSPS) is 39.0. The van der Waals surface area contributed by atoms with Crippen LogP contribution in [0, 0.1) is 0 Å². The molecule has 3 aliphatic rings. The number of carbonyl (C=O) groups excluding carboxylic acids is 2. The number of rotatable bonds is 2. The first-order valence-corrected chi connectivity index (χ1v) is 9.58. The van der Waals surface area contributed by atoms with Gasteiger partial charge in [0.15, 0.2) is 9.84 Å². The molecule has 3 atom stereocenters. The van der Waals surface area contributed by atoms with E-state index < -0.39 is 15.9 Å². The van der Waals surface area contributed by atoms with E-state index in [0.29, 0.717) is 18.6 Å². The van der Waals surface area contributed by atoms with Crippen molar-refractivity contribution in [3.05, 3.63) is 0 Å². The molecule has 1 N–H and O–H groups in total. The van der Waals surface area contributed by atoms with Gasteiger partial charge >= 0.3 is 0 Å². The summed E-state index contributed by atoms with van der Waals surface area (Å²) in [5.41, 5.74) is 0. The van der Waals surface area contributed by atoms with Crippen LogP contribution >= 0.6 is 11.8 Å². The fourth-order valence-corrected chi connectivity index (χ4v) is 6.33. The summed E-state index contributed by atoms with van der Waals surface area (Å²) in [4.78, 5) is 25.7. The molecule has 3 fully saturated rings. The number of amides is 2. The van der Waals surface area contributed by atoms with E-state index in [9.17, 15) is 18.0 Å². The lowest BCUT2D eigenvalue weighted by Crippen LogP contribution is -2.52. The summed E-state index contributed by atoms with van der Waals surface area (Å²) < 4.78 is 22.8. The fraction of sp³-hybridized carbons (Fsp3) is 0.833. The third-order valence-electron chi connectivity index (χ3n) is 4.33. The Morgan fingerprint density at radius 1 is 1.50 bits per heavy atom. The molecule has 20 heavy (non-hydrogen) atoms. The minimum Gasteiger partial charge on any atom is -0.350 e. The van der Waals surface area contributed by atoms with Crippen molar-refractivity contribution in [3.63, 3.8) is 0 Å². The van der Waals surface area contributed by atoms with E-state index in [1.807, 2.05) is 6.92 Å². The average Bonchev–Trinajstić information content (AvgIpc) is 2.95. The van der Waals surface area contributed by atoms with Crippen LogP contribution in [0.25, 0.3) is 0 Å². The van der Waals surface area contributed by atoms with Gasteiger partial charge < -0.3 is 10.2 Å². The van der Waals surface area contributed by atoms with E-state index in [1.54, 1.807) is 16.7 Å². The molecule has 0 aliphatic carbocycles. The SMILES string of the molecule is CC12CCC(=O)N1C(C(=O)NC1CCS(=O)(=O)C1)CS2. The zero-order chi connectivity index (χ0) is 14.5. The Kier molecular flexibility index (Phi) is 3.28. The molecule has 0 bridgehead atoms. The number of nitrogens with zero attached hydrogens (tertiary/aromatic N) is 1. The predicted octanol–water partition coefficient (Wildman–Crippen LogP) is -0.256. The van der Waals surface area contributed by atoms with E-state index >= 15 is 0 Å². The van der Waals surface area contributed by atoms with E-state index in [-0.39, 0.29) is 34.2 Å². The van der Waals surface area contributed by atoms with E-state index in [2.05, 4.69) is 5.32 Å². The molecule has 0 aromatic carbocycles. The summed E-state index contributed by atoms with van der Waals surface area (Å²) in [6.45, 7) is 2.00. The van der Waals surface area contributed by atoms with E-state index in [4.69, 9.17) is 0 Å². The van der Waals surface area contributed by atoms with Crippen LogP contribution in [0.2, 0.25) is 0 Å². The van der Waals surface area contributed by atoms with Gasteiger partial charge in [-0.1, -0.05) is 0 Å². The maximum Gasteiger partial charge on any atom is 0.243 e. The number of thioether (sulfide) groups is 1. The Morgan fingerprint density at radius 3 is 2.90 bits per heavy atom. The molecule has 2 amide bonds. The van der Waals surface area contributed by atoms with Crippen molar-refractivity contribution in [3.8, 4) is 0 Å². The second-order valence-electron chi connectivity index (χ2n) is 5.87. The molecule has 0 saturated carbocycles. The Hall–Kier alpha value is -0.760. The summed E-state index contributed by atoms with van der Waals surface area (Å²) in [6.07, 6.45) is 1.74. The highest BCUT2D eigenvalue weighted by atomic mass is 32.2. The summed E-state index contributed by atoms with van der Waals surface area (Å²) in [7, 11) is -3.01. The number of hydrogen-bond acceptors (Lipinski definition) is 5. The van der Waals surface area contributed by atoms with Crippen LogP contribution in [-0.2, 0) is 19.4 Å². The Morgan fingerprint density at radius 2 is 2.25 bits per heavy atom. The molecule has 112 valence electrons. The first-order valence-electron chi connectivity index (χ1n) is 6.78. The highest BCUT2D eigenvalue weighted by Gasteiger charge is 2.53. The van der Waals surface area contributed by atoms with E-state index in [1.165, 1.54) is 0 Å². The lowest BCUT2D eigenvalue weighted by atomic mass is 10.2. The van der Waals surface area contributed by atoms with Crippen molar-refractivity contribution in [1.29, 1.82) is 0 Å². The van der Waals surface area contributed by atoms with Gasteiger partial charge in [0.25, 0.3) is 0 Å². The van der Waals surface area contributed by atoms with Crippen molar-refractivity contribution in [2.45, 2.75) is 43.1 Å². The second-order valence-corrected chi connectivity index (χ2v) is 9.60. The zero-order valence-corrected chi connectivity index (χ0v) is 12.9. The first kappa shape index (κ1) is 14.2. The molecule has 3 unspecified atom stereocenters. The first-order chi connectivity index (χ1) is 9.31. The third-order valence-corrected chi connectivity index (χ3v) is 7.60. The van der Waals surface area contributed by atoms with Crippen LogP contribution < -0.4 is 5.32 Å². The van der Waals surface area contributed by atoms with E-state index in [0.717, 1.165) is 6.42 Å². The molecule has 3 rings (SSSR count). The highest BCUT2D eigenvalue weighted by molar-refractivity contribution is 8.01. The van der Waals surface area contributed by atoms with Crippen LogP contribution in [0.4, 0.5) is 0 Å². The topological polar surface area (TPSA) is 83.6 Å². The monoisotopic (exact) mass is 318 g/mol. The van der Waals surface area contributed by atoms with Gasteiger partial charge in [-0.05, 0) is 19.8 Å². The molecule has 3 aliphatic heterocycles. The molecule has 0 spiro atoms. The Bertz CT molecular complexity index is 562. The van der Waals surface area contributed by atoms with Gasteiger partial charge in [-0.15, -0.1) is 11.8 Å². The van der Waals surface area contributed by atoms with Gasteiger partial charge in [-0.3, -0.25) is 9.59 Å². The zero-order valence-electron chi connectivity index (χ0n) is 11.3. The van der Waals surface area contributed by atoms with Crippen molar-refractivity contribution in [2.75, 3.05) is 17.3 Å². The van der Waals surface area contributed by atoms with Crippen LogP contribution in [0.15, 0.2) is 0 Å². The van der Waals surface area contributed by atoms with Gasteiger partial charge in [-0.25, -0.2) is 8.42 Å². The van der Waals surface area contributed by atoms with Crippen molar-refractivity contribution < 1.29 is 18.0 Å². The van der Waals surface area contributed by atoms with Crippen LogP contribution in [-0.4, -0.2) is 59.3 Å². The summed E-state index contributed by atoms with van der Waals surface area (Å²) >= 11 is 1.64. The third kappa shape index (κ3) is 2.32. The maximum atomic E-state index is 12.3. The quantitative estimate of drug-likeness (QED) is 0.759. The molecule has 3 heterocycles. The standard InChI is InChI=1S/C12H18N2O4S2/c1-12-4-2-10(15)14(12)9(6-19-12)11(16)13-8-3-5-20(17,18)7-8/h8-9H,2-7H2,1H3,(H,13,16). The van der Waals surface area contributed by atoms with Crippen molar-refractivity contribution in [2.24, 2.45) is 0 Å². The van der Waals surface area contributed by atoms with Gasteiger partial charge in [0.2, 0.25) is 11.8 Å². The summed E-state index contributed by atoms with van der Waals surface area (Å²) in [5.74, 6) is 0.560. The Labute approximate surface area is 122 Å². The lowest BCUT2D eigenvalue weighted by molar-refractivity contribution is -0.138. The van der Waals surface area contributed by atoms with Crippen molar-refractivity contribution in [1.82, 2.24) is 10.2 Å². The van der Waals surface area contributed by atoms with Gasteiger partial charge in [-0.2, -0.15) is 0 Å². The number of sulfone groups is 1. The largest absolute Gasteiger partial charge is 0.350 e. The summed E-state index contributed by atoms with van der Waals surface area (Å²) in [6, 6.07) is -0.759. The molecular formula is C12H18N2O4S2. The lowest BCUT2D eigenvalue weighted by Gasteiger charge is -2.30. The molecule has 6 nitrogen and oxygen atoms in total. The molecular weight excluding hydrogens is 300 g/mol. The fourth-order valence-electron chi connectivity index (χ4n) is 3.22. The number of hydrogen-bond donors (Lipinski definition) is 1. The smallest absolute Gasteiger partial charge is 0.243 e. The maximum absolute atomic E-state index is 12.3. The van der Waals surface area contributed by atoms with Crippen LogP contribution in [0.5, 0.6) is 0 Å². The average molecular weight is 318 g/mol. The second kappa shape index (κ2) is 4.62.